The molecule has 2 atom stereocenters. The van der Waals surface area contributed by atoms with Gasteiger partial charge in [0.15, 0.2) is 5.82 Å². The molecule has 1 saturated heterocycles. The molecule has 0 spiro atoms. The molecule has 1 fully saturated rings. The number of nitrogens with zero attached hydrogens (tertiary/aromatic N) is 5. The van der Waals surface area contributed by atoms with Crippen molar-refractivity contribution in [1.29, 1.82) is 0 Å². The van der Waals surface area contributed by atoms with Gasteiger partial charge in [-0.2, -0.15) is 5.10 Å². The molecule has 0 amide bonds. The normalized spacial score (nSPS) is 18.2. The summed E-state index contributed by atoms with van der Waals surface area (Å²) in [6.45, 7) is 6.32. The first-order valence-corrected chi connectivity index (χ1v) is 9.10. The van der Waals surface area contributed by atoms with Crippen molar-refractivity contribution in [3.05, 3.63) is 66.2 Å². The third-order valence-electron chi connectivity index (χ3n) is 5.03. The van der Waals surface area contributed by atoms with E-state index in [1.165, 1.54) is 5.56 Å². The van der Waals surface area contributed by atoms with Gasteiger partial charge in [0.05, 0.1) is 6.20 Å². The Morgan fingerprint density at radius 1 is 1.08 bits per heavy atom. The van der Waals surface area contributed by atoms with Crippen molar-refractivity contribution < 1.29 is 0 Å². The maximum absolute atomic E-state index is 4.54. The van der Waals surface area contributed by atoms with Crippen LogP contribution in [0.5, 0.6) is 0 Å². The average Bonchev–Trinajstić information content (AvgIpc) is 3.30. The molecule has 0 radical (unpaired) electrons. The molecule has 6 nitrogen and oxygen atoms in total. The molecular weight excluding hydrogens is 324 g/mol. The first kappa shape index (κ1) is 16.7. The fraction of sp³-hybridized carbons (Fsp3) is 0.350. The van der Waals surface area contributed by atoms with Crippen molar-refractivity contribution in [3.63, 3.8) is 0 Å². The highest BCUT2D eigenvalue weighted by atomic mass is 15.3. The van der Waals surface area contributed by atoms with Gasteiger partial charge in [0.2, 0.25) is 0 Å². The Bertz CT molecular complexity index is 845. The molecule has 134 valence electrons. The highest BCUT2D eigenvalue weighted by Crippen LogP contribution is 2.23. The predicted molar refractivity (Wildman–Crippen MR) is 103 cm³/mol. The lowest BCUT2D eigenvalue weighted by molar-refractivity contribution is 0.479. The Kier molecular flexibility index (Phi) is 4.67. The van der Waals surface area contributed by atoms with Crippen molar-refractivity contribution in [3.8, 4) is 5.82 Å². The lowest BCUT2D eigenvalue weighted by Crippen LogP contribution is -2.34. The molecule has 4 rings (SSSR count). The van der Waals surface area contributed by atoms with Crippen LogP contribution in [0.4, 0.5) is 5.82 Å². The zero-order valence-electron chi connectivity index (χ0n) is 15.2. The van der Waals surface area contributed by atoms with Gasteiger partial charge in [0, 0.05) is 48.8 Å². The van der Waals surface area contributed by atoms with Gasteiger partial charge in [0.25, 0.3) is 0 Å². The molecule has 1 N–H and O–H groups in total. The molecule has 1 aliphatic rings. The molecule has 0 saturated carbocycles. The van der Waals surface area contributed by atoms with Crippen LogP contribution in [0.3, 0.4) is 0 Å². The van der Waals surface area contributed by atoms with Crippen LogP contribution in [0.25, 0.3) is 5.82 Å². The van der Waals surface area contributed by atoms with Crippen molar-refractivity contribution >= 4 is 5.82 Å². The maximum Gasteiger partial charge on any atom is 0.153 e. The number of pyridine rings is 2. The average molecular weight is 348 g/mol. The van der Waals surface area contributed by atoms with E-state index in [4.69, 9.17) is 0 Å². The second kappa shape index (κ2) is 7.25. The number of aromatic nitrogens is 4. The van der Waals surface area contributed by atoms with E-state index in [0.29, 0.717) is 6.04 Å². The van der Waals surface area contributed by atoms with Crippen LogP contribution in [-0.2, 0) is 0 Å². The summed E-state index contributed by atoms with van der Waals surface area (Å²) in [6.07, 6.45) is 6.72. The number of hydrogen-bond acceptors (Lipinski definition) is 5. The number of hydrogen-bond donors (Lipinski definition) is 1. The summed E-state index contributed by atoms with van der Waals surface area (Å²) >= 11 is 0. The van der Waals surface area contributed by atoms with E-state index in [1.54, 1.807) is 6.20 Å². The second-order valence-corrected chi connectivity index (χ2v) is 6.79. The van der Waals surface area contributed by atoms with Crippen LogP contribution in [0.15, 0.2) is 55.0 Å². The van der Waals surface area contributed by atoms with Crippen LogP contribution in [-0.4, -0.2) is 38.9 Å². The molecule has 6 heteroatoms. The molecule has 26 heavy (non-hydrogen) atoms. The highest BCUT2D eigenvalue weighted by molar-refractivity contribution is 5.39. The fourth-order valence-corrected chi connectivity index (χ4v) is 3.65. The van der Waals surface area contributed by atoms with Gasteiger partial charge in [0.1, 0.15) is 5.82 Å². The predicted octanol–water partition coefficient (Wildman–Crippen LogP) is 2.90. The monoisotopic (exact) mass is 348 g/mol. The van der Waals surface area contributed by atoms with Gasteiger partial charge in [-0.1, -0.05) is 12.1 Å². The Morgan fingerprint density at radius 3 is 2.50 bits per heavy atom. The highest BCUT2D eigenvalue weighted by Gasteiger charge is 2.25. The van der Waals surface area contributed by atoms with Gasteiger partial charge in [-0.3, -0.25) is 0 Å². The standard InChI is InChI=1S/C20H24N6/c1-15(18-13-23-26(16(18)2)20-8-4-6-11-22-20)24-17-9-12-25(14-17)19-7-3-5-10-21-19/h3-8,10-11,13,15,17,24H,9,12,14H2,1-2H3/t15-,17+/m0/s1. The molecule has 0 aromatic carbocycles. The van der Waals surface area contributed by atoms with E-state index in [-0.39, 0.29) is 6.04 Å². The molecular formula is C20H24N6. The zero-order chi connectivity index (χ0) is 17.9. The van der Waals surface area contributed by atoms with Crippen molar-refractivity contribution in [2.45, 2.75) is 32.4 Å². The van der Waals surface area contributed by atoms with Crippen LogP contribution in [0.1, 0.15) is 30.6 Å². The largest absolute Gasteiger partial charge is 0.355 e. The van der Waals surface area contributed by atoms with E-state index >= 15 is 0 Å². The van der Waals surface area contributed by atoms with Crippen molar-refractivity contribution in [2.24, 2.45) is 0 Å². The van der Waals surface area contributed by atoms with Gasteiger partial charge in [-0.25, -0.2) is 14.6 Å². The van der Waals surface area contributed by atoms with Gasteiger partial charge in [-0.05, 0) is 44.5 Å². The molecule has 3 aromatic rings. The minimum absolute atomic E-state index is 0.237. The third-order valence-corrected chi connectivity index (χ3v) is 5.03. The first-order chi connectivity index (χ1) is 12.7. The quantitative estimate of drug-likeness (QED) is 0.768. The topological polar surface area (TPSA) is 58.9 Å². The molecule has 0 aliphatic carbocycles. The van der Waals surface area contributed by atoms with Gasteiger partial charge in [-0.15, -0.1) is 0 Å². The number of nitrogens with one attached hydrogen (secondary N) is 1. The summed E-state index contributed by atoms with van der Waals surface area (Å²) < 4.78 is 1.91. The molecule has 1 aliphatic heterocycles. The van der Waals surface area contributed by atoms with Crippen LogP contribution < -0.4 is 10.2 Å². The third kappa shape index (κ3) is 3.32. The van der Waals surface area contributed by atoms with Gasteiger partial charge < -0.3 is 10.2 Å². The van der Waals surface area contributed by atoms with E-state index in [2.05, 4.69) is 45.2 Å². The van der Waals surface area contributed by atoms with E-state index < -0.39 is 0 Å². The minimum Gasteiger partial charge on any atom is -0.355 e. The van der Waals surface area contributed by atoms with Crippen LogP contribution in [0.2, 0.25) is 0 Å². The maximum atomic E-state index is 4.54. The molecule has 3 aromatic heterocycles. The summed E-state index contributed by atoms with van der Waals surface area (Å²) in [7, 11) is 0. The summed E-state index contributed by atoms with van der Waals surface area (Å²) in [4.78, 5) is 11.2. The first-order valence-electron chi connectivity index (χ1n) is 9.10. The lowest BCUT2D eigenvalue weighted by atomic mass is 10.1. The van der Waals surface area contributed by atoms with Crippen molar-refractivity contribution in [2.75, 3.05) is 18.0 Å². The van der Waals surface area contributed by atoms with Crippen LogP contribution in [0, 0.1) is 6.92 Å². The summed E-state index contributed by atoms with van der Waals surface area (Å²) in [6, 6.07) is 12.6. The Balaban J connectivity index is 1.43. The van der Waals surface area contributed by atoms with E-state index in [9.17, 15) is 0 Å². The summed E-state index contributed by atoms with van der Waals surface area (Å²) in [5.41, 5.74) is 2.34. The SMILES string of the molecule is Cc1c([C@H](C)N[C@@H]2CCN(c3ccccn3)C2)cnn1-c1ccccn1. The Hall–Kier alpha value is -2.73. The summed E-state index contributed by atoms with van der Waals surface area (Å²) in [5, 5.41) is 8.30. The Morgan fingerprint density at radius 2 is 1.81 bits per heavy atom. The Labute approximate surface area is 153 Å². The van der Waals surface area contributed by atoms with Crippen molar-refractivity contribution in [1.82, 2.24) is 25.1 Å². The van der Waals surface area contributed by atoms with E-state index in [1.807, 2.05) is 47.4 Å². The molecule has 0 unspecified atom stereocenters. The summed E-state index contributed by atoms with van der Waals surface area (Å²) in [5.74, 6) is 1.91. The number of anilines is 1. The molecule has 4 heterocycles. The second-order valence-electron chi connectivity index (χ2n) is 6.79. The van der Waals surface area contributed by atoms with Gasteiger partial charge >= 0.3 is 0 Å². The van der Waals surface area contributed by atoms with Crippen LogP contribution >= 0.6 is 0 Å². The smallest absolute Gasteiger partial charge is 0.153 e. The number of rotatable bonds is 5. The fourth-order valence-electron chi connectivity index (χ4n) is 3.65. The zero-order valence-corrected chi connectivity index (χ0v) is 15.2. The lowest BCUT2D eigenvalue weighted by Gasteiger charge is -2.21. The van der Waals surface area contributed by atoms with E-state index in [0.717, 1.165) is 36.8 Å². The molecule has 0 bridgehead atoms. The minimum atomic E-state index is 0.237.